The molecule has 0 spiro atoms. The number of amides is 1. The van der Waals surface area contributed by atoms with Crippen LogP contribution in [0.3, 0.4) is 0 Å². The molecule has 2 fully saturated rings. The molecule has 2 nitrogen and oxygen atoms in total. The highest BCUT2D eigenvalue weighted by Crippen LogP contribution is 2.35. The fourth-order valence-corrected chi connectivity index (χ4v) is 2.86. The van der Waals surface area contributed by atoms with Crippen LogP contribution in [-0.4, -0.2) is 11.4 Å². The molecule has 1 unspecified atom stereocenters. The van der Waals surface area contributed by atoms with Crippen molar-refractivity contribution in [3.05, 3.63) is 0 Å². The van der Waals surface area contributed by atoms with Crippen molar-refractivity contribution in [2.45, 2.75) is 57.4 Å². The zero-order valence-electron chi connectivity index (χ0n) is 8.44. The topological polar surface area (TPSA) is 29.1 Å². The molecule has 13 heavy (non-hydrogen) atoms. The summed E-state index contributed by atoms with van der Waals surface area (Å²) in [4.78, 5) is 11.1. The second-order valence-corrected chi connectivity index (χ2v) is 4.96. The van der Waals surface area contributed by atoms with E-state index in [9.17, 15) is 4.79 Å². The minimum atomic E-state index is 0.131. The Morgan fingerprint density at radius 3 is 2.69 bits per heavy atom. The molecular formula is C11H19NO. The lowest BCUT2D eigenvalue weighted by Crippen LogP contribution is -2.39. The van der Waals surface area contributed by atoms with Gasteiger partial charge in [-0.1, -0.05) is 25.7 Å². The van der Waals surface area contributed by atoms with E-state index >= 15 is 0 Å². The maximum atomic E-state index is 11.1. The van der Waals surface area contributed by atoms with Gasteiger partial charge in [-0.25, -0.2) is 0 Å². The third-order valence-corrected chi connectivity index (χ3v) is 3.56. The fraction of sp³-hybridized carbons (Fsp3) is 0.909. The first-order valence-corrected chi connectivity index (χ1v) is 5.49. The molecule has 0 radical (unpaired) electrons. The summed E-state index contributed by atoms with van der Waals surface area (Å²) in [7, 11) is 0. The summed E-state index contributed by atoms with van der Waals surface area (Å²) < 4.78 is 0. The Bertz CT molecular complexity index is 208. The van der Waals surface area contributed by atoms with E-state index in [1.807, 2.05) is 0 Å². The highest BCUT2D eigenvalue weighted by molar-refractivity contribution is 5.79. The molecule has 0 bridgehead atoms. The molecule has 2 aliphatic rings. The van der Waals surface area contributed by atoms with Crippen molar-refractivity contribution in [2.75, 3.05) is 0 Å². The van der Waals surface area contributed by atoms with Crippen molar-refractivity contribution >= 4 is 5.91 Å². The zero-order valence-corrected chi connectivity index (χ0v) is 8.44. The lowest BCUT2D eigenvalue weighted by atomic mass is 9.87. The van der Waals surface area contributed by atoms with Crippen LogP contribution in [0, 0.1) is 5.92 Å². The highest BCUT2D eigenvalue weighted by atomic mass is 16.2. The number of hydrogen-bond acceptors (Lipinski definition) is 1. The fourth-order valence-electron chi connectivity index (χ4n) is 2.86. The lowest BCUT2D eigenvalue weighted by Gasteiger charge is -2.27. The van der Waals surface area contributed by atoms with Gasteiger partial charge < -0.3 is 5.32 Å². The Kier molecular flexibility index (Phi) is 2.31. The molecular weight excluding hydrogens is 162 g/mol. The maximum Gasteiger partial charge on any atom is 0.220 e. The van der Waals surface area contributed by atoms with Crippen LogP contribution >= 0.6 is 0 Å². The van der Waals surface area contributed by atoms with Crippen molar-refractivity contribution in [1.82, 2.24) is 5.32 Å². The number of carbonyl (C=O) groups is 1. The molecule has 1 saturated carbocycles. The monoisotopic (exact) mass is 181 g/mol. The molecule has 0 aromatic carbocycles. The van der Waals surface area contributed by atoms with E-state index in [0.717, 1.165) is 18.8 Å². The van der Waals surface area contributed by atoms with Crippen LogP contribution in [0.5, 0.6) is 0 Å². The van der Waals surface area contributed by atoms with Crippen molar-refractivity contribution in [3.8, 4) is 0 Å². The molecule has 2 heteroatoms. The van der Waals surface area contributed by atoms with Crippen LogP contribution < -0.4 is 5.32 Å². The molecule has 1 atom stereocenters. The SMILES string of the molecule is CC1(CC2CCCC2)CCC(=O)N1. The first kappa shape index (κ1) is 9.04. The molecule has 74 valence electrons. The second kappa shape index (κ2) is 3.32. The predicted octanol–water partition coefficient (Wildman–Crippen LogP) is 2.24. The van der Waals surface area contributed by atoms with Gasteiger partial charge in [0.1, 0.15) is 0 Å². The van der Waals surface area contributed by atoms with Crippen LogP contribution in [0.2, 0.25) is 0 Å². The lowest BCUT2D eigenvalue weighted by molar-refractivity contribution is -0.119. The normalized spacial score (nSPS) is 35.3. The van der Waals surface area contributed by atoms with Crippen LogP contribution in [0.4, 0.5) is 0 Å². The number of nitrogens with one attached hydrogen (secondary N) is 1. The molecule has 1 saturated heterocycles. The average molecular weight is 181 g/mol. The van der Waals surface area contributed by atoms with Gasteiger partial charge in [0.05, 0.1) is 0 Å². The standard InChI is InChI=1S/C11H19NO/c1-11(7-6-10(13)12-11)8-9-4-2-3-5-9/h9H,2-8H2,1H3,(H,12,13). The minimum absolute atomic E-state index is 0.131. The smallest absolute Gasteiger partial charge is 0.220 e. The number of hydrogen-bond donors (Lipinski definition) is 1. The van der Waals surface area contributed by atoms with Crippen LogP contribution in [0.15, 0.2) is 0 Å². The van der Waals surface area contributed by atoms with Crippen molar-refractivity contribution < 1.29 is 4.79 Å². The van der Waals surface area contributed by atoms with Gasteiger partial charge in [0.15, 0.2) is 0 Å². The van der Waals surface area contributed by atoms with E-state index in [4.69, 9.17) is 0 Å². The van der Waals surface area contributed by atoms with E-state index < -0.39 is 0 Å². The maximum absolute atomic E-state index is 11.1. The Balaban J connectivity index is 1.88. The molecule has 2 rings (SSSR count). The van der Waals surface area contributed by atoms with Gasteiger partial charge >= 0.3 is 0 Å². The van der Waals surface area contributed by atoms with Gasteiger partial charge in [-0.2, -0.15) is 0 Å². The van der Waals surface area contributed by atoms with E-state index in [2.05, 4.69) is 12.2 Å². The second-order valence-electron chi connectivity index (χ2n) is 4.96. The molecule has 1 heterocycles. The van der Waals surface area contributed by atoms with Gasteiger partial charge in [0.2, 0.25) is 5.91 Å². The summed E-state index contributed by atoms with van der Waals surface area (Å²) in [5.41, 5.74) is 0.131. The Morgan fingerprint density at radius 2 is 2.15 bits per heavy atom. The van der Waals surface area contributed by atoms with E-state index in [1.54, 1.807) is 0 Å². The van der Waals surface area contributed by atoms with Gasteiger partial charge in [0, 0.05) is 12.0 Å². The average Bonchev–Trinajstić information content (AvgIpc) is 2.62. The van der Waals surface area contributed by atoms with E-state index in [-0.39, 0.29) is 11.4 Å². The van der Waals surface area contributed by atoms with Gasteiger partial charge in [-0.15, -0.1) is 0 Å². The van der Waals surface area contributed by atoms with Crippen molar-refractivity contribution in [3.63, 3.8) is 0 Å². The van der Waals surface area contributed by atoms with Crippen LogP contribution in [0.1, 0.15) is 51.9 Å². The summed E-state index contributed by atoms with van der Waals surface area (Å²) in [6, 6.07) is 0. The van der Waals surface area contributed by atoms with Crippen LogP contribution in [-0.2, 0) is 4.79 Å². The summed E-state index contributed by atoms with van der Waals surface area (Å²) in [5.74, 6) is 1.13. The molecule has 0 aromatic rings. The number of rotatable bonds is 2. The highest BCUT2D eigenvalue weighted by Gasteiger charge is 2.35. The van der Waals surface area contributed by atoms with Crippen molar-refractivity contribution in [1.29, 1.82) is 0 Å². The minimum Gasteiger partial charge on any atom is -0.351 e. The van der Waals surface area contributed by atoms with Gasteiger partial charge in [-0.05, 0) is 25.7 Å². The zero-order chi connectivity index (χ0) is 9.31. The molecule has 1 aliphatic carbocycles. The van der Waals surface area contributed by atoms with Gasteiger partial charge in [0.25, 0.3) is 0 Å². The largest absolute Gasteiger partial charge is 0.351 e. The predicted molar refractivity (Wildman–Crippen MR) is 52.4 cm³/mol. The number of carbonyl (C=O) groups excluding carboxylic acids is 1. The molecule has 1 aliphatic heterocycles. The van der Waals surface area contributed by atoms with Gasteiger partial charge in [-0.3, -0.25) is 4.79 Å². The third-order valence-electron chi connectivity index (χ3n) is 3.56. The third kappa shape index (κ3) is 2.04. The quantitative estimate of drug-likeness (QED) is 0.695. The Morgan fingerprint density at radius 1 is 1.46 bits per heavy atom. The summed E-state index contributed by atoms with van der Waals surface area (Å²) in [6.45, 7) is 2.20. The Labute approximate surface area is 80.1 Å². The first-order valence-electron chi connectivity index (χ1n) is 5.49. The van der Waals surface area contributed by atoms with E-state index in [0.29, 0.717) is 0 Å². The summed E-state index contributed by atoms with van der Waals surface area (Å²) >= 11 is 0. The summed E-state index contributed by atoms with van der Waals surface area (Å²) in [5, 5.41) is 3.12. The molecule has 0 aromatic heterocycles. The molecule has 1 N–H and O–H groups in total. The molecule has 1 amide bonds. The van der Waals surface area contributed by atoms with Crippen LogP contribution in [0.25, 0.3) is 0 Å². The Hall–Kier alpha value is -0.530. The first-order chi connectivity index (χ1) is 6.18. The summed E-state index contributed by atoms with van der Waals surface area (Å²) in [6.07, 6.45) is 8.55. The van der Waals surface area contributed by atoms with E-state index in [1.165, 1.54) is 32.1 Å². The van der Waals surface area contributed by atoms with Crippen molar-refractivity contribution in [2.24, 2.45) is 5.92 Å².